The van der Waals surface area contributed by atoms with Crippen molar-refractivity contribution < 1.29 is 9.53 Å². The van der Waals surface area contributed by atoms with E-state index in [-0.39, 0.29) is 6.04 Å². The standard InChI is InChI=1S/C24H27N3O2S/c28-17-22(19-7-8-19)27-15-13-26(14-16-27)12-11-18-5-9-20(10-6-18)29-24-25-21-3-1-2-4-23(21)30-24/h1-6,9-10,17,19,22H,7-8,11-16H2. The Hall–Kier alpha value is -2.28. The molecular weight excluding hydrogens is 394 g/mol. The Balaban J connectivity index is 1.10. The third kappa shape index (κ3) is 4.56. The van der Waals surface area contributed by atoms with Gasteiger partial charge in [0, 0.05) is 32.7 Å². The van der Waals surface area contributed by atoms with Crippen molar-refractivity contribution in [1.29, 1.82) is 0 Å². The largest absolute Gasteiger partial charge is 0.431 e. The third-order valence-corrected chi connectivity index (χ3v) is 7.11. The number of hydrogen-bond acceptors (Lipinski definition) is 6. The molecule has 1 saturated carbocycles. The van der Waals surface area contributed by atoms with Crippen LogP contribution in [0.2, 0.25) is 0 Å². The van der Waals surface area contributed by atoms with Gasteiger partial charge in [-0.05, 0) is 55.0 Å². The van der Waals surface area contributed by atoms with Crippen molar-refractivity contribution in [1.82, 2.24) is 14.8 Å². The van der Waals surface area contributed by atoms with Gasteiger partial charge in [-0.2, -0.15) is 0 Å². The molecule has 1 atom stereocenters. The van der Waals surface area contributed by atoms with E-state index in [0.29, 0.717) is 11.1 Å². The van der Waals surface area contributed by atoms with Crippen molar-refractivity contribution in [2.75, 3.05) is 32.7 Å². The molecule has 0 spiro atoms. The van der Waals surface area contributed by atoms with Crippen LogP contribution in [0.15, 0.2) is 48.5 Å². The quantitative estimate of drug-likeness (QED) is 0.510. The molecule has 156 valence electrons. The van der Waals surface area contributed by atoms with Crippen LogP contribution in [-0.2, 0) is 11.2 Å². The summed E-state index contributed by atoms with van der Waals surface area (Å²) in [5.74, 6) is 1.45. The summed E-state index contributed by atoms with van der Waals surface area (Å²) in [6, 6.07) is 16.6. The lowest BCUT2D eigenvalue weighted by Gasteiger charge is -2.37. The fourth-order valence-corrected chi connectivity index (χ4v) is 5.06. The summed E-state index contributed by atoms with van der Waals surface area (Å²) in [6.45, 7) is 5.18. The van der Waals surface area contributed by atoms with Gasteiger partial charge in [0.15, 0.2) is 0 Å². The Morgan fingerprint density at radius 1 is 1.07 bits per heavy atom. The van der Waals surface area contributed by atoms with Crippen molar-refractivity contribution in [3.05, 3.63) is 54.1 Å². The lowest BCUT2D eigenvalue weighted by atomic mass is 10.1. The van der Waals surface area contributed by atoms with Gasteiger partial charge in [-0.3, -0.25) is 4.90 Å². The van der Waals surface area contributed by atoms with Crippen molar-refractivity contribution in [3.63, 3.8) is 0 Å². The Labute approximate surface area is 181 Å². The van der Waals surface area contributed by atoms with Crippen LogP contribution in [0, 0.1) is 5.92 Å². The molecule has 6 heteroatoms. The van der Waals surface area contributed by atoms with Gasteiger partial charge >= 0.3 is 0 Å². The minimum atomic E-state index is 0.162. The number of carbonyl (C=O) groups excluding carboxylic acids is 1. The van der Waals surface area contributed by atoms with Gasteiger partial charge in [0.1, 0.15) is 12.0 Å². The van der Waals surface area contributed by atoms with Crippen LogP contribution in [0.25, 0.3) is 10.2 Å². The number of carbonyl (C=O) groups is 1. The molecule has 1 aromatic heterocycles. The molecule has 3 aromatic rings. The van der Waals surface area contributed by atoms with E-state index in [2.05, 4.69) is 33.0 Å². The first-order valence-electron chi connectivity index (χ1n) is 10.8. The minimum Gasteiger partial charge on any atom is -0.431 e. The number of aromatic nitrogens is 1. The molecule has 0 N–H and O–H groups in total. The normalized spacial score (nSPS) is 19.1. The maximum Gasteiger partial charge on any atom is 0.279 e. The number of nitrogens with zero attached hydrogens (tertiary/aromatic N) is 3. The highest BCUT2D eigenvalue weighted by Crippen LogP contribution is 2.35. The number of ether oxygens (including phenoxy) is 1. The van der Waals surface area contributed by atoms with Crippen molar-refractivity contribution in [3.8, 4) is 10.9 Å². The maximum atomic E-state index is 11.4. The summed E-state index contributed by atoms with van der Waals surface area (Å²) < 4.78 is 7.08. The van der Waals surface area contributed by atoms with Crippen LogP contribution in [0.1, 0.15) is 18.4 Å². The molecular formula is C24H27N3O2S. The number of para-hydroxylation sites is 1. The second kappa shape index (κ2) is 8.84. The van der Waals surface area contributed by atoms with Gasteiger partial charge in [0.2, 0.25) is 0 Å². The van der Waals surface area contributed by atoms with Crippen LogP contribution in [0.5, 0.6) is 10.9 Å². The Morgan fingerprint density at radius 2 is 1.83 bits per heavy atom. The van der Waals surface area contributed by atoms with E-state index in [1.165, 1.54) is 24.7 Å². The Morgan fingerprint density at radius 3 is 2.53 bits per heavy atom. The van der Waals surface area contributed by atoms with Crippen LogP contribution in [0.4, 0.5) is 0 Å². The second-order valence-electron chi connectivity index (χ2n) is 8.29. The fraction of sp³-hybridized carbons (Fsp3) is 0.417. The number of fused-ring (bicyclic) bond motifs is 1. The Bertz CT molecular complexity index is 958. The highest BCUT2D eigenvalue weighted by molar-refractivity contribution is 7.20. The second-order valence-corrected chi connectivity index (χ2v) is 9.28. The predicted octanol–water partition coefficient (Wildman–Crippen LogP) is 4.23. The molecule has 0 amide bonds. The lowest BCUT2D eigenvalue weighted by Crippen LogP contribution is -2.51. The summed E-state index contributed by atoms with van der Waals surface area (Å²) in [4.78, 5) is 20.8. The highest BCUT2D eigenvalue weighted by atomic mass is 32.1. The van der Waals surface area contributed by atoms with E-state index >= 15 is 0 Å². The van der Waals surface area contributed by atoms with Crippen molar-refractivity contribution >= 4 is 27.8 Å². The molecule has 5 nitrogen and oxygen atoms in total. The molecule has 2 aromatic carbocycles. The molecule has 1 saturated heterocycles. The average Bonchev–Trinajstić information content (AvgIpc) is 3.53. The smallest absolute Gasteiger partial charge is 0.279 e. The van der Waals surface area contributed by atoms with Gasteiger partial charge in [-0.1, -0.05) is 35.6 Å². The van der Waals surface area contributed by atoms with E-state index < -0.39 is 0 Å². The van der Waals surface area contributed by atoms with Crippen LogP contribution < -0.4 is 4.74 Å². The molecule has 2 aliphatic rings. The predicted molar refractivity (Wildman–Crippen MR) is 120 cm³/mol. The highest BCUT2D eigenvalue weighted by Gasteiger charge is 2.36. The van der Waals surface area contributed by atoms with Gasteiger partial charge in [-0.15, -0.1) is 0 Å². The van der Waals surface area contributed by atoms with E-state index in [1.54, 1.807) is 11.3 Å². The topological polar surface area (TPSA) is 45.7 Å². The molecule has 2 fully saturated rings. The first kappa shape index (κ1) is 19.7. The van der Waals surface area contributed by atoms with Crippen molar-refractivity contribution in [2.24, 2.45) is 5.92 Å². The fourth-order valence-electron chi connectivity index (χ4n) is 4.23. The van der Waals surface area contributed by atoms with Crippen LogP contribution in [0.3, 0.4) is 0 Å². The molecule has 30 heavy (non-hydrogen) atoms. The SMILES string of the molecule is O=CC(C1CC1)N1CCN(CCc2ccc(Oc3nc4ccccc4s3)cc2)CC1. The number of thiazole rings is 1. The lowest BCUT2D eigenvalue weighted by molar-refractivity contribution is -0.113. The number of hydrogen-bond donors (Lipinski definition) is 0. The van der Waals surface area contributed by atoms with Crippen LogP contribution >= 0.6 is 11.3 Å². The first-order chi connectivity index (χ1) is 14.8. The summed E-state index contributed by atoms with van der Waals surface area (Å²) in [5, 5.41) is 0.682. The summed E-state index contributed by atoms with van der Waals surface area (Å²) >= 11 is 1.57. The molecule has 2 heterocycles. The average molecular weight is 422 g/mol. The van der Waals surface area contributed by atoms with Gasteiger partial charge < -0.3 is 14.4 Å². The molecule has 0 bridgehead atoms. The van der Waals surface area contributed by atoms with E-state index in [4.69, 9.17) is 4.74 Å². The van der Waals surface area contributed by atoms with Gasteiger partial charge in [-0.25, -0.2) is 4.98 Å². The number of benzene rings is 2. The molecule has 5 rings (SSSR count). The summed E-state index contributed by atoms with van der Waals surface area (Å²) in [5.41, 5.74) is 2.30. The number of rotatable bonds is 8. The molecule has 1 aliphatic heterocycles. The minimum absolute atomic E-state index is 0.162. The van der Waals surface area contributed by atoms with Gasteiger partial charge in [0.05, 0.1) is 16.3 Å². The monoisotopic (exact) mass is 421 g/mol. The van der Waals surface area contributed by atoms with Gasteiger partial charge in [0.25, 0.3) is 5.19 Å². The molecule has 1 unspecified atom stereocenters. The zero-order valence-corrected chi connectivity index (χ0v) is 17.9. The molecule has 1 aliphatic carbocycles. The Kier molecular flexibility index (Phi) is 5.79. The van der Waals surface area contributed by atoms with E-state index in [1.807, 2.05) is 30.3 Å². The number of piperazine rings is 1. The number of aldehydes is 1. The zero-order valence-electron chi connectivity index (χ0n) is 17.1. The van der Waals surface area contributed by atoms with Crippen molar-refractivity contribution in [2.45, 2.75) is 25.3 Å². The maximum absolute atomic E-state index is 11.4. The first-order valence-corrected chi connectivity index (χ1v) is 11.6. The van der Waals surface area contributed by atoms with Crippen LogP contribution in [-0.4, -0.2) is 59.8 Å². The zero-order chi connectivity index (χ0) is 20.3. The molecule has 0 radical (unpaired) electrons. The summed E-state index contributed by atoms with van der Waals surface area (Å²) in [7, 11) is 0. The van der Waals surface area contributed by atoms with E-state index in [9.17, 15) is 4.79 Å². The third-order valence-electron chi connectivity index (χ3n) is 6.19. The van der Waals surface area contributed by atoms with E-state index in [0.717, 1.165) is 55.1 Å². The summed E-state index contributed by atoms with van der Waals surface area (Å²) in [6.07, 6.45) is 4.65.